The number of nitrogens with one attached hydrogen (secondary N) is 1. The maximum Gasteiger partial charge on any atom is 0.292 e. The van der Waals surface area contributed by atoms with E-state index in [0.717, 1.165) is 4.68 Å². The summed E-state index contributed by atoms with van der Waals surface area (Å²) in [6.45, 7) is 0. The Labute approximate surface area is 162 Å². The van der Waals surface area contributed by atoms with E-state index in [4.69, 9.17) is 5.73 Å². The summed E-state index contributed by atoms with van der Waals surface area (Å²) in [4.78, 5) is 12.9. The number of rotatable bonds is 5. The zero-order valence-corrected chi connectivity index (χ0v) is 14.7. The number of nitrogen functional groups attached to an aromatic ring is 1. The molecule has 2 heterocycles. The number of halogens is 1. The van der Waals surface area contributed by atoms with Crippen molar-refractivity contribution in [3.05, 3.63) is 71.7 Å². The van der Waals surface area contributed by atoms with Crippen molar-refractivity contribution in [1.29, 1.82) is 0 Å². The molecule has 10 nitrogen and oxygen atoms in total. The predicted octanol–water partition coefficient (Wildman–Crippen LogP) is 1.80. The van der Waals surface area contributed by atoms with Gasteiger partial charge in [-0.05, 0) is 28.0 Å². The molecule has 4 rings (SSSR count). The van der Waals surface area contributed by atoms with E-state index < -0.39 is 5.91 Å². The number of hydrogen-bond acceptors (Lipinski definition) is 8. The third-order valence-corrected chi connectivity index (χ3v) is 3.88. The van der Waals surface area contributed by atoms with Crippen molar-refractivity contribution < 1.29 is 13.8 Å². The van der Waals surface area contributed by atoms with Gasteiger partial charge < -0.3 is 5.73 Å². The largest absolute Gasteiger partial charge is 0.378 e. The van der Waals surface area contributed by atoms with E-state index >= 15 is 0 Å². The number of nitrogens with zero attached hydrogens (tertiary/aromatic N) is 6. The minimum atomic E-state index is -0.616. The summed E-state index contributed by atoms with van der Waals surface area (Å²) in [6, 6.07) is 14.6. The number of benzene rings is 2. The number of nitrogens with two attached hydrogens (primary N) is 1. The Balaban J connectivity index is 1.68. The normalized spacial score (nSPS) is 11.1. The van der Waals surface area contributed by atoms with Gasteiger partial charge in [0.15, 0.2) is 5.69 Å². The first-order chi connectivity index (χ1) is 14.1. The monoisotopic (exact) mass is 392 g/mol. The SMILES string of the molecule is Nc1nonc1-n1nnc(-c2ccccc2)c1C(=O)N/N=C/c1ccc(F)cc1. The van der Waals surface area contributed by atoms with Gasteiger partial charge >= 0.3 is 0 Å². The van der Waals surface area contributed by atoms with E-state index in [1.165, 1.54) is 30.5 Å². The van der Waals surface area contributed by atoms with Crippen molar-refractivity contribution in [2.24, 2.45) is 5.10 Å². The molecule has 0 unspecified atom stereocenters. The number of anilines is 1. The molecule has 0 fully saturated rings. The molecule has 0 aliphatic heterocycles. The van der Waals surface area contributed by atoms with Gasteiger partial charge in [-0.3, -0.25) is 4.79 Å². The van der Waals surface area contributed by atoms with E-state index in [1.54, 1.807) is 24.3 Å². The molecule has 0 spiro atoms. The number of hydrogen-bond donors (Lipinski definition) is 2. The number of hydrazone groups is 1. The minimum Gasteiger partial charge on any atom is -0.378 e. The number of carbonyl (C=O) groups excluding carboxylic acids is 1. The Morgan fingerprint density at radius 3 is 2.59 bits per heavy atom. The summed E-state index contributed by atoms with van der Waals surface area (Å²) in [6.07, 6.45) is 1.37. The van der Waals surface area contributed by atoms with Crippen LogP contribution in [0.3, 0.4) is 0 Å². The van der Waals surface area contributed by atoms with Crippen molar-refractivity contribution in [3.8, 4) is 17.1 Å². The smallest absolute Gasteiger partial charge is 0.292 e. The van der Waals surface area contributed by atoms with Crippen LogP contribution in [0, 0.1) is 5.82 Å². The van der Waals surface area contributed by atoms with Crippen molar-refractivity contribution in [2.45, 2.75) is 0 Å². The van der Waals surface area contributed by atoms with Crippen molar-refractivity contribution in [3.63, 3.8) is 0 Å². The quantitative estimate of drug-likeness (QED) is 0.390. The highest BCUT2D eigenvalue weighted by molar-refractivity contribution is 5.99. The molecule has 0 atom stereocenters. The van der Waals surface area contributed by atoms with E-state index in [1.807, 2.05) is 6.07 Å². The molecule has 0 aliphatic rings. The minimum absolute atomic E-state index is 0.0207. The molecule has 0 saturated carbocycles. The molecule has 11 heteroatoms. The first-order valence-corrected chi connectivity index (χ1v) is 8.32. The third kappa shape index (κ3) is 3.69. The van der Waals surface area contributed by atoms with E-state index in [2.05, 4.69) is 35.8 Å². The first-order valence-electron chi connectivity index (χ1n) is 8.32. The maximum atomic E-state index is 13.0. The van der Waals surface area contributed by atoms with Gasteiger partial charge in [0, 0.05) is 5.56 Å². The Morgan fingerprint density at radius 2 is 1.90 bits per heavy atom. The van der Waals surface area contributed by atoms with Crippen molar-refractivity contribution in [2.75, 3.05) is 5.73 Å². The zero-order chi connectivity index (χ0) is 20.2. The summed E-state index contributed by atoms with van der Waals surface area (Å²) in [5, 5.41) is 19.1. The fourth-order valence-corrected chi connectivity index (χ4v) is 2.53. The van der Waals surface area contributed by atoms with Crippen LogP contribution in [0.15, 0.2) is 64.3 Å². The van der Waals surface area contributed by atoms with Crippen molar-refractivity contribution >= 4 is 17.9 Å². The van der Waals surface area contributed by atoms with Gasteiger partial charge in [0.25, 0.3) is 5.91 Å². The van der Waals surface area contributed by atoms with Crippen LogP contribution in [-0.4, -0.2) is 37.4 Å². The molecule has 0 saturated heterocycles. The lowest BCUT2D eigenvalue weighted by molar-refractivity contribution is 0.0948. The Morgan fingerprint density at radius 1 is 1.14 bits per heavy atom. The van der Waals surface area contributed by atoms with E-state index in [0.29, 0.717) is 16.8 Å². The highest BCUT2D eigenvalue weighted by Gasteiger charge is 2.25. The van der Waals surface area contributed by atoms with Crippen LogP contribution in [0.5, 0.6) is 0 Å². The second-order valence-corrected chi connectivity index (χ2v) is 5.79. The lowest BCUT2D eigenvalue weighted by Gasteiger charge is -2.04. The van der Waals surface area contributed by atoms with E-state index in [-0.39, 0.29) is 23.1 Å². The van der Waals surface area contributed by atoms with E-state index in [9.17, 15) is 9.18 Å². The summed E-state index contributed by atoms with van der Waals surface area (Å²) >= 11 is 0. The number of amides is 1. The van der Waals surface area contributed by atoms with Crippen LogP contribution in [0.2, 0.25) is 0 Å². The van der Waals surface area contributed by atoms with Crippen LogP contribution in [0.4, 0.5) is 10.2 Å². The van der Waals surface area contributed by atoms with Crippen LogP contribution in [-0.2, 0) is 0 Å². The summed E-state index contributed by atoms with van der Waals surface area (Å²) < 4.78 is 18.7. The van der Waals surface area contributed by atoms with Gasteiger partial charge in [0.05, 0.1) is 6.21 Å². The fraction of sp³-hybridized carbons (Fsp3) is 0. The highest BCUT2D eigenvalue weighted by atomic mass is 19.1. The third-order valence-electron chi connectivity index (χ3n) is 3.88. The summed E-state index contributed by atoms with van der Waals surface area (Å²) in [5.74, 6) is -1.02. The molecular formula is C18H13FN8O2. The molecule has 4 aromatic rings. The van der Waals surface area contributed by atoms with Crippen LogP contribution in [0.1, 0.15) is 16.1 Å². The van der Waals surface area contributed by atoms with Gasteiger partial charge in [0.1, 0.15) is 11.5 Å². The average molecular weight is 392 g/mol. The molecule has 2 aromatic carbocycles. The maximum absolute atomic E-state index is 13.0. The Hall–Kier alpha value is -4.41. The first kappa shape index (κ1) is 18.0. The van der Waals surface area contributed by atoms with Crippen LogP contribution >= 0.6 is 0 Å². The standard InChI is InChI=1S/C18H13FN8O2/c19-13-8-6-11(7-9-13)10-21-23-18(28)15-14(12-4-2-1-3-5-12)22-26-27(15)17-16(20)24-29-25-17/h1-10H,(H2,20,24)(H,23,28)/b21-10+. The molecule has 144 valence electrons. The predicted molar refractivity (Wildman–Crippen MR) is 101 cm³/mol. The molecule has 1 amide bonds. The molecule has 2 aromatic heterocycles. The number of carbonyl (C=O) groups is 1. The lowest BCUT2D eigenvalue weighted by Crippen LogP contribution is -2.22. The molecule has 0 bridgehead atoms. The van der Waals surface area contributed by atoms with Crippen molar-refractivity contribution in [1.82, 2.24) is 30.7 Å². The molecule has 29 heavy (non-hydrogen) atoms. The molecule has 3 N–H and O–H groups in total. The van der Waals surface area contributed by atoms with Crippen LogP contribution in [0.25, 0.3) is 17.1 Å². The average Bonchev–Trinajstić information content (AvgIpc) is 3.36. The van der Waals surface area contributed by atoms with Gasteiger partial charge in [-0.25, -0.2) is 14.4 Å². The molecule has 0 radical (unpaired) electrons. The van der Waals surface area contributed by atoms with Crippen LogP contribution < -0.4 is 11.2 Å². The Kier molecular flexibility index (Phi) is 4.76. The summed E-state index contributed by atoms with van der Waals surface area (Å²) in [7, 11) is 0. The summed E-state index contributed by atoms with van der Waals surface area (Å²) in [5.41, 5.74) is 9.71. The number of aromatic nitrogens is 5. The second-order valence-electron chi connectivity index (χ2n) is 5.79. The van der Waals surface area contributed by atoms with Gasteiger partial charge in [-0.15, -0.1) is 5.10 Å². The molecular weight excluding hydrogens is 379 g/mol. The zero-order valence-electron chi connectivity index (χ0n) is 14.7. The van der Waals surface area contributed by atoms with Gasteiger partial charge in [-0.2, -0.15) is 9.78 Å². The molecule has 0 aliphatic carbocycles. The van der Waals surface area contributed by atoms with Gasteiger partial charge in [0.2, 0.25) is 11.6 Å². The highest BCUT2D eigenvalue weighted by Crippen LogP contribution is 2.24. The van der Waals surface area contributed by atoms with Gasteiger partial charge in [-0.1, -0.05) is 47.7 Å². The second kappa shape index (κ2) is 7.68. The Bertz CT molecular complexity index is 1170. The fourth-order valence-electron chi connectivity index (χ4n) is 2.53. The lowest BCUT2D eigenvalue weighted by atomic mass is 10.1. The topological polar surface area (TPSA) is 137 Å².